The average Bonchev–Trinajstić information content (AvgIpc) is 2.21. The summed E-state index contributed by atoms with van der Waals surface area (Å²) >= 11 is 0. The van der Waals surface area contributed by atoms with Crippen LogP contribution in [-0.2, 0) is 6.42 Å². The fourth-order valence-corrected chi connectivity index (χ4v) is 1.30. The van der Waals surface area contributed by atoms with Crippen LogP contribution >= 0.6 is 0 Å². The minimum absolute atomic E-state index is 0.299. The molecule has 1 nitrogen and oxygen atoms in total. The summed E-state index contributed by atoms with van der Waals surface area (Å²) in [6, 6.07) is 8.11. The van der Waals surface area contributed by atoms with Crippen LogP contribution in [0.2, 0.25) is 0 Å². The highest BCUT2D eigenvalue weighted by molar-refractivity contribution is 5.28. The first-order valence-corrected chi connectivity index (χ1v) is 4.94. The summed E-state index contributed by atoms with van der Waals surface area (Å²) in [7, 11) is 0. The molecule has 0 aliphatic heterocycles. The molecule has 0 radical (unpaired) electrons. The van der Waals surface area contributed by atoms with E-state index in [1.165, 1.54) is 5.56 Å². The predicted molar refractivity (Wildman–Crippen MR) is 59.3 cm³/mol. The largest absolute Gasteiger partial charge is 0.494 e. The van der Waals surface area contributed by atoms with Crippen molar-refractivity contribution >= 4 is 0 Å². The molecule has 1 aromatic rings. The number of rotatable bonds is 4. The molecule has 0 spiro atoms. The summed E-state index contributed by atoms with van der Waals surface area (Å²) in [5.74, 6) is 3.94. The molecule has 1 rings (SSSR count). The Morgan fingerprint density at radius 3 is 2.50 bits per heavy atom. The van der Waals surface area contributed by atoms with Gasteiger partial charge >= 0.3 is 0 Å². The molecule has 1 aromatic carbocycles. The van der Waals surface area contributed by atoms with Crippen molar-refractivity contribution in [1.29, 1.82) is 0 Å². The van der Waals surface area contributed by atoms with Gasteiger partial charge in [0.05, 0.1) is 6.61 Å². The third-order valence-corrected chi connectivity index (χ3v) is 2.06. The van der Waals surface area contributed by atoms with E-state index in [4.69, 9.17) is 11.2 Å². The Bertz CT molecular complexity index is 305. The van der Waals surface area contributed by atoms with Crippen molar-refractivity contribution < 1.29 is 4.74 Å². The lowest BCUT2D eigenvalue weighted by Gasteiger charge is -2.06. The molecule has 0 aromatic heterocycles. The van der Waals surface area contributed by atoms with Crippen molar-refractivity contribution in [3.8, 4) is 18.1 Å². The summed E-state index contributed by atoms with van der Waals surface area (Å²) in [4.78, 5) is 0. The Morgan fingerprint density at radius 1 is 1.36 bits per heavy atom. The number of benzene rings is 1. The molecule has 0 saturated carbocycles. The first-order valence-electron chi connectivity index (χ1n) is 4.94. The normalized spacial score (nSPS) is 11.8. The maximum absolute atomic E-state index is 5.35. The highest BCUT2D eigenvalue weighted by Gasteiger charge is 1.99. The lowest BCUT2D eigenvalue weighted by molar-refractivity contribution is 0.340. The SMILES string of the molecule is C#CC(C)Cc1ccc(OCC)cc1. The lowest BCUT2D eigenvalue weighted by Crippen LogP contribution is -1.96. The van der Waals surface area contributed by atoms with E-state index < -0.39 is 0 Å². The van der Waals surface area contributed by atoms with Gasteiger partial charge in [0.2, 0.25) is 0 Å². The van der Waals surface area contributed by atoms with Crippen molar-refractivity contribution in [2.45, 2.75) is 20.3 Å². The second kappa shape index (κ2) is 5.34. The minimum Gasteiger partial charge on any atom is -0.494 e. The summed E-state index contributed by atoms with van der Waals surface area (Å²) in [5.41, 5.74) is 1.26. The molecule has 0 heterocycles. The van der Waals surface area contributed by atoms with Gasteiger partial charge in [0.1, 0.15) is 5.75 Å². The van der Waals surface area contributed by atoms with Crippen molar-refractivity contribution in [2.75, 3.05) is 6.61 Å². The van der Waals surface area contributed by atoms with Gasteiger partial charge in [0, 0.05) is 5.92 Å². The van der Waals surface area contributed by atoms with Gasteiger partial charge in [-0.25, -0.2) is 0 Å². The van der Waals surface area contributed by atoms with Crippen LogP contribution < -0.4 is 4.74 Å². The number of ether oxygens (including phenoxy) is 1. The standard InChI is InChI=1S/C13H16O/c1-4-11(3)10-12-6-8-13(9-7-12)14-5-2/h1,6-9,11H,5,10H2,2-3H3. The first kappa shape index (κ1) is 10.7. The molecule has 0 aliphatic carbocycles. The molecule has 1 unspecified atom stereocenters. The van der Waals surface area contributed by atoms with Crippen LogP contribution in [0.1, 0.15) is 19.4 Å². The van der Waals surface area contributed by atoms with Crippen LogP contribution in [0.15, 0.2) is 24.3 Å². The number of hydrogen-bond donors (Lipinski definition) is 0. The third kappa shape index (κ3) is 3.14. The van der Waals surface area contributed by atoms with Gasteiger partial charge in [-0.15, -0.1) is 12.3 Å². The fourth-order valence-electron chi connectivity index (χ4n) is 1.30. The first-order chi connectivity index (χ1) is 6.76. The van der Waals surface area contributed by atoms with Crippen LogP contribution in [0.3, 0.4) is 0 Å². The molecule has 0 bridgehead atoms. The van der Waals surface area contributed by atoms with E-state index >= 15 is 0 Å². The Morgan fingerprint density at radius 2 is 2.00 bits per heavy atom. The second-order valence-electron chi connectivity index (χ2n) is 3.35. The topological polar surface area (TPSA) is 9.23 Å². The molecule has 74 valence electrons. The van der Waals surface area contributed by atoms with Crippen LogP contribution in [0, 0.1) is 18.3 Å². The van der Waals surface area contributed by atoms with E-state index in [0.717, 1.165) is 12.2 Å². The Balaban J connectivity index is 2.60. The van der Waals surface area contributed by atoms with Crippen LogP contribution in [0.5, 0.6) is 5.75 Å². The summed E-state index contributed by atoms with van der Waals surface area (Å²) in [6.45, 7) is 4.74. The van der Waals surface area contributed by atoms with Crippen molar-refractivity contribution in [2.24, 2.45) is 5.92 Å². The maximum Gasteiger partial charge on any atom is 0.119 e. The zero-order valence-corrected chi connectivity index (χ0v) is 8.79. The van der Waals surface area contributed by atoms with Gasteiger partial charge in [-0.05, 0) is 31.0 Å². The fraction of sp³-hybridized carbons (Fsp3) is 0.385. The average molecular weight is 188 g/mol. The minimum atomic E-state index is 0.299. The highest BCUT2D eigenvalue weighted by atomic mass is 16.5. The van der Waals surface area contributed by atoms with Crippen molar-refractivity contribution in [3.05, 3.63) is 29.8 Å². The van der Waals surface area contributed by atoms with Gasteiger partial charge in [-0.1, -0.05) is 19.1 Å². The quantitative estimate of drug-likeness (QED) is 0.660. The van der Waals surface area contributed by atoms with Gasteiger partial charge < -0.3 is 4.74 Å². The molecule has 0 aliphatic rings. The van der Waals surface area contributed by atoms with E-state index in [0.29, 0.717) is 12.5 Å². The Kier molecular flexibility index (Phi) is 4.07. The zero-order chi connectivity index (χ0) is 10.4. The van der Waals surface area contributed by atoms with Gasteiger partial charge in [0.15, 0.2) is 0 Å². The van der Waals surface area contributed by atoms with Gasteiger partial charge in [0.25, 0.3) is 0 Å². The van der Waals surface area contributed by atoms with E-state index in [1.807, 2.05) is 19.1 Å². The maximum atomic E-state index is 5.35. The highest BCUT2D eigenvalue weighted by Crippen LogP contribution is 2.14. The van der Waals surface area contributed by atoms with E-state index in [-0.39, 0.29) is 0 Å². The number of terminal acetylenes is 1. The molecular weight excluding hydrogens is 172 g/mol. The molecular formula is C13H16O. The molecule has 0 fully saturated rings. The molecule has 0 amide bonds. The molecule has 0 saturated heterocycles. The van der Waals surface area contributed by atoms with Gasteiger partial charge in [-0.3, -0.25) is 0 Å². The lowest BCUT2D eigenvalue weighted by atomic mass is 10.0. The van der Waals surface area contributed by atoms with Crippen LogP contribution in [0.4, 0.5) is 0 Å². The third-order valence-electron chi connectivity index (χ3n) is 2.06. The van der Waals surface area contributed by atoms with E-state index in [9.17, 15) is 0 Å². The Labute approximate surface area is 86.1 Å². The van der Waals surface area contributed by atoms with Crippen LogP contribution in [-0.4, -0.2) is 6.61 Å². The monoisotopic (exact) mass is 188 g/mol. The molecule has 0 N–H and O–H groups in total. The van der Waals surface area contributed by atoms with E-state index in [2.05, 4.69) is 25.0 Å². The van der Waals surface area contributed by atoms with Crippen molar-refractivity contribution in [3.63, 3.8) is 0 Å². The Hall–Kier alpha value is -1.42. The summed E-state index contributed by atoms with van der Waals surface area (Å²) < 4.78 is 5.35. The molecule has 1 heteroatoms. The van der Waals surface area contributed by atoms with Crippen LogP contribution in [0.25, 0.3) is 0 Å². The smallest absolute Gasteiger partial charge is 0.119 e. The summed E-state index contributed by atoms with van der Waals surface area (Å²) in [5, 5.41) is 0. The number of hydrogen-bond acceptors (Lipinski definition) is 1. The molecule has 1 atom stereocenters. The van der Waals surface area contributed by atoms with E-state index in [1.54, 1.807) is 0 Å². The second-order valence-corrected chi connectivity index (χ2v) is 3.35. The van der Waals surface area contributed by atoms with Crippen molar-refractivity contribution in [1.82, 2.24) is 0 Å². The molecule has 14 heavy (non-hydrogen) atoms. The zero-order valence-electron chi connectivity index (χ0n) is 8.79. The summed E-state index contributed by atoms with van der Waals surface area (Å²) in [6.07, 6.45) is 6.26. The predicted octanol–water partition coefficient (Wildman–Crippen LogP) is 2.90. The van der Waals surface area contributed by atoms with Gasteiger partial charge in [-0.2, -0.15) is 0 Å².